The summed E-state index contributed by atoms with van der Waals surface area (Å²) in [5, 5.41) is 31.9. The monoisotopic (exact) mass is 1290 g/mol. The van der Waals surface area contributed by atoms with Crippen molar-refractivity contribution in [3.05, 3.63) is 29.8 Å². The average molecular weight is 1290 g/mol. The molecule has 34 nitrogen and oxygen atoms in total. The van der Waals surface area contributed by atoms with Crippen molar-refractivity contribution in [2.45, 2.75) is 196 Å². The highest BCUT2D eigenvalue weighted by atomic mass is 16.3. The molecule has 0 aliphatic carbocycles. The van der Waals surface area contributed by atoms with Gasteiger partial charge < -0.3 is 122 Å². The molecule has 0 saturated heterocycles. The van der Waals surface area contributed by atoms with Gasteiger partial charge in [0.15, 0.2) is 17.9 Å². The number of nitrogens with one attached hydrogen (secondary N) is 8. The molecule has 516 valence electrons. The number of nitrogens with zero attached hydrogens (tertiary/aromatic N) is 3. The molecule has 0 aliphatic rings. The highest BCUT2D eigenvalue weighted by Crippen LogP contribution is 2.15. The summed E-state index contributed by atoms with van der Waals surface area (Å²) in [6.45, 7) is 1.67. The van der Waals surface area contributed by atoms with Crippen LogP contribution in [0.3, 0.4) is 0 Å². The number of hydrogen-bond donors (Lipinski definition) is 22. The quantitative estimate of drug-likeness (QED) is 0.0164. The van der Waals surface area contributed by atoms with Crippen molar-refractivity contribution in [2.24, 2.45) is 89.5 Å². The minimum absolute atomic E-state index is 0.00305. The van der Waals surface area contributed by atoms with E-state index in [0.29, 0.717) is 89.3 Å². The Bertz CT molecular complexity index is 2440. The molecule has 0 aliphatic heterocycles. The highest BCUT2D eigenvalue weighted by molar-refractivity contribution is 5.98. The predicted octanol–water partition coefficient (Wildman–Crippen LogP) is -6.57. The third kappa shape index (κ3) is 36.3. The van der Waals surface area contributed by atoms with E-state index in [2.05, 4.69) is 57.5 Å². The molecule has 0 fully saturated rings. The lowest BCUT2D eigenvalue weighted by Crippen LogP contribution is -2.60. The number of aliphatic imine (C=N–C) groups is 3. The van der Waals surface area contributed by atoms with Gasteiger partial charge >= 0.3 is 0 Å². The molecule has 0 bridgehead atoms. The Labute approximate surface area is 533 Å². The Morgan fingerprint density at radius 2 is 0.571 bits per heavy atom. The van der Waals surface area contributed by atoms with Crippen molar-refractivity contribution in [3.8, 4) is 5.75 Å². The average Bonchev–Trinajstić information content (AvgIpc) is 2.09. The molecule has 34 heteroatoms. The van der Waals surface area contributed by atoms with E-state index >= 15 is 0 Å². The summed E-state index contributed by atoms with van der Waals surface area (Å²) in [5.41, 5.74) is 74.2. The first kappa shape index (κ1) is 80.8. The maximum atomic E-state index is 14.8. The van der Waals surface area contributed by atoms with Gasteiger partial charge in [0.1, 0.15) is 54.1 Å². The number of hydrogen-bond acceptors (Lipinski definition) is 19. The lowest BCUT2D eigenvalue weighted by molar-refractivity contribution is -0.136. The Morgan fingerprint density at radius 1 is 0.330 bits per heavy atom. The second kappa shape index (κ2) is 47.7. The maximum absolute atomic E-state index is 14.8. The largest absolute Gasteiger partial charge is 0.508 e. The molecule has 0 aromatic heterocycles. The molecule has 35 N–H and O–H groups in total. The van der Waals surface area contributed by atoms with Crippen LogP contribution in [0.25, 0.3) is 0 Å². The van der Waals surface area contributed by atoms with Crippen molar-refractivity contribution < 1.29 is 48.3 Å². The van der Waals surface area contributed by atoms with Crippen LogP contribution in [0.15, 0.2) is 39.2 Å². The SMILES string of the molecule is NCCCC[C@H](NC(=O)[C@H](CCCN=C(N)N)NC(=O)[C@H](CCCN=C(N)N)NC(=O)[C@H](CCCCN)NC(=O)[C@H](CCCCN)NC(=O)[C@H](Cc1ccc(O)cc1)NC(=O)[C@H](CCCCN)NC(=O)[C@H](CCCCN)NC(=O)[C@@H](N)CCCN=C(N)N)C(N)=O. The van der Waals surface area contributed by atoms with Gasteiger partial charge in [0.25, 0.3) is 0 Å². The number of aromatic hydroxyl groups is 1. The molecule has 0 radical (unpaired) electrons. The van der Waals surface area contributed by atoms with Gasteiger partial charge in [-0.3, -0.25) is 58.1 Å². The van der Waals surface area contributed by atoms with E-state index in [-0.39, 0.29) is 134 Å². The zero-order chi connectivity index (χ0) is 68.1. The molecule has 0 spiro atoms. The van der Waals surface area contributed by atoms with Gasteiger partial charge in [-0.25, -0.2) is 0 Å². The molecule has 1 aromatic rings. The van der Waals surface area contributed by atoms with E-state index in [4.69, 9.17) is 74.5 Å². The van der Waals surface area contributed by atoms with E-state index in [1.807, 2.05) is 0 Å². The van der Waals surface area contributed by atoms with E-state index in [0.717, 1.165) is 0 Å². The van der Waals surface area contributed by atoms with Gasteiger partial charge in [-0.15, -0.1) is 0 Å². The van der Waals surface area contributed by atoms with Crippen LogP contribution in [0.5, 0.6) is 5.75 Å². The van der Waals surface area contributed by atoms with Crippen molar-refractivity contribution in [1.29, 1.82) is 0 Å². The van der Waals surface area contributed by atoms with E-state index < -0.39 is 108 Å². The topological polar surface area (TPSA) is 645 Å². The normalized spacial score (nSPS) is 14.0. The van der Waals surface area contributed by atoms with Crippen LogP contribution < -0.4 is 117 Å². The minimum atomic E-state index is -1.44. The van der Waals surface area contributed by atoms with Gasteiger partial charge in [-0.05, 0) is 185 Å². The summed E-state index contributed by atoms with van der Waals surface area (Å²) in [5.74, 6) is -7.67. The maximum Gasteiger partial charge on any atom is 0.243 e. The number of primary amides is 1. The van der Waals surface area contributed by atoms with E-state index in [1.165, 1.54) is 24.3 Å². The summed E-state index contributed by atoms with van der Waals surface area (Å²) < 4.78 is 0. The van der Waals surface area contributed by atoms with Crippen molar-refractivity contribution in [3.63, 3.8) is 0 Å². The predicted molar refractivity (Wildman–Crippen MR) is 349 cm³/mol. The fraction of sp³-hybridized carbons (Fsp3) is 0.684. The highest BCUT2D eigenvalue weighted by Gasteiger charge is 2.35. The number of benzene rings is 1. The van der Waals surface area contributed by atoms with Crippen LogP contribution in [-0.4, -0.2) is 183 Å². The summed E-state index contributed by atoms with van der Waals surface area (Å²) >= 11 is 0. The van der Waals surface area contributed by atoms with Crippen LogP contribution in [0.4, 0.5) is 0 Å². The first-order valence-electron chi connectivity index (χ1n) is 31.3. The van der Waals surface area contributed by atoms with Gasteiger partial charge in [-0.2, -0.15) is 0 Å². The molecule has 0 unspecified atom stereocenters. The second-order valence-electron chi connectivity index (χ2n) is 22.1. The standard InChI is InChI=1S/C57H108N24O10/c58-26-6-1-15-38(46(64)83)74-48(85)43(20-12-32-72-56(67)68)78-52(89)44(21-13-33-73-57(69)70)79-50(87)40(17-3-8-28-60)76-51(88)41(18-4-9-29-61)80-54(91)45(34-35-22-24-36(82)25-23-35)81-53(90)42(19-5-10-30-62)77-49(86)39(16-2-7-27-59)75-47(84)37(63)14-11-31-71-55(65)66/h22-25,37-45,82H,1-21,26-34,58-63H2,(H2,64,83)(H,74,85)(H,75,84)(H,76,88)(H,77,86)(H,78,89)(H,79,87)(H,80,91)(H,81,90)(H4,65,66,71)(H4,67,68,72)(H4,69,70,73)/t37-,38-,39-,40-,41-,42-,43-,44-,45-/m0/s1. The summed E-state index contributed by atoms with van der Waals surface area (Å²) in [6.07, 6.45) is 5.15. The van der Waals surface area contributed by atoms with Crippen LogP contribution in [0.1, 0.15) is 140 Å². The van der Waals surface area contributed by atoms with E-state index in [9.17, 15) is 48.3 Å². The van der Waals surface area contributed by atoms with Crippen LogP contribution in [0, 0.1) is 0 Å². The molecule has 1 rings (SSSR count). The van der Waals surface area contributed by atoms with Crippen molar-refractivity contribution in [1.82, 2.24) is 42.5 Å². The number of amides is 9. The Hall–Kier alpha value is -8.18. The smallest absolute Gasteiger partial charge is 0.243 e. The molecule has 9 atom stereocenters. The molecular formula is C57H108N24O10. The Balaban J connectivity index is 3.79. The number of nitrogens with two attached hydrogens (primary N) is 13. The first-order chi connectivity index (χ1) is 43.4. The number of phenolic OH excluding ortho intramolecular Hbond substituents is 1. The number of carbonyl (C=O) groups excluding carboxylic acids is 9. The lowest BCUT2D eigenvalue weighted by atomic mass is 10.0. The molecule has 1 aromatic carbocycles. The second-order valence-corrected chi connectivity index (χ2v) is 22.1. The number of carbonyl (C=O) groups is 9. The van der Waals surface area contributed by atoms with Crippen molar-refractivity contribution >= 4 is 71.0 Å². The van der Waals surface area contributed by atoms with Crippen LogP contribution in [0.2, 0.25) is 0 Å². The van der Waals surface area contributed by atoms with E-state index in [1.54, 1.807) is 0 Å². The summed E-state index contributed by atoms with van der Waals surface area (Å²) in [6, 6.07) is -5.59. The number of guanidine groups is 3. The molecule has 91 heavy (non-hydrogen) atoms. The first-order valence-corrected chi connectivity index (χ1v) is 31.3. The molecule has 0 saturated carbocycles. The third-order valence-corrected chi connectivity index (χ3v) is 14.4. The van der Waals surface area contributed by atoms with Gasteiger partial charge in [0.05, 0.1) is 6.04 Å². The zero-order valence-electron chi connectivity index (χ0n) is 52.7. The Kier molecular flexibility index (Phi) is 42.4. The molecular weight excluding hydrogens is 1180 g/mol. The number of rotatable bonds is 51. The van der Waals surface area contributed by atoms with Crippen LogP contribution in [-0.2, 0) is 49.6 Å². The molecule has 9 amide bonds. The summed E-state index contributed by atoms with van der Waals surface area (Å²) in [7, 11) is 0. The molecule has 0 heterocycles. The fourth-order valence-electron chi connectivity index (χ4n) is 9.28. The van der Waals surface area contributed by atoms with Crippen molar-refractivity contribution in [2.75, 3.05) is 52.4 Å². The zero-order valence-corrected chi connectivity index (χ0v) is 52.7. The third-order valence-electron chi connectivity index (χ3n) is 14.4. The fourth-order valence-corrected chi connectivity index (χ4v) is 9.28. The van der Waals surface area contributed by atoms with Gasteiger partial charge in [0.2, 0.25) is 53.2 Å². The van der Waals surface area contributed by atoms with Gasteiger partial charge in [-0.1, -0.05) is 12.1 Å². The number of unbranched alkanes of at least 4 members (excludes halogenated alkanes) is 5. The van der Waals surface area contributed by atoms with Gasteiger partial charge in [0, 0.05) is 26.1 Å². The number of phenols is 1. The summed E-state index contributed by atoms with van der Waals surface area (Å²) in [4.78, 5) is 139. The lowest BCUT2D eigenvalue weighted by Gasteiger charge is -2.28. The Morgan fingerprint density at radius 3 is 0.857 bits per heavy atom. The van der Waals surface area contributed by atoms with Crippen LogP contribution >= 0.6 is 0 Å². The minimum Gasteiger partial charge on any atom is -0.508 e.